The van der Waals surface area contributed by atoms with Gasteiger partial charge in [0, 0.05) is 18.0 Å². The maximum Gasteiger partial charge on any atom is 0.243 e. The van der Waals surface area contributed by atoms with Crippen LogP contribution in [0.15, 0.2) is 47.4 Å². The first-order valence-corrected chi connectivity index (χ1v) is 10.7. The highest BCUT2D eigenvalue weighted by Gasteiger charge is 2.24. The van der Waals surface area contributed by atoms with Gasteiger partial charge in [0.1, 0.15) is 0 Å². The van der Waals surface area contributed by atoms with E-state index in [4.69, 9.17) is 11.6 Å². The third-order valence-electron chi connectivity index (χ3n) is 4.62. The number of carbonyl (C=O) groups excluding carboxylic acids is 1. The lowest BCUT2D eigenvalue weighted by Gasteiger charge is -2.36. The lowest BCUT2D eigenvalue weighted by Crippen LogP contribution is -2.42. The van der Waals surface area contributed by atoms with E-state index in [-0.39, 0.29) is 23.4 Å². The van der Waals surface area contributed by atoms with E-state index < -0.39 is 9.84 Å². The number of carbonyl (C=O) groups is 1. The molecule has 3 rings (SSSR count). The van der Waals surface area contributed by atoms with E-state index in [9.17, 15) is 13.2 Å². The second-order valence-electron chi connectivity index (χ2n) is 6.61. The summed E-state index contributed by atoms with van der Waals surface area (Å²) >= 11 is 6.12. The minimum Gasteiger partial charge on any atom is -0.359 e. The smallest absolute Gasteiger partial charge is 0.243 e. The van der Waals surface area contributed by atoms with Crippen molar-refractivity contribution in [3.63, 3.8) is 0 Å². The molecule has 0 radical (unpaired) electrons. The number of nitrogens with one attached hydrogen (secondary N) is 1. The predicted octanol–water partition coefficient (Wildman–Crippen LogP) is 3.52. The SMILES string of the molecule is CC1CCc2ccccc2N1CC(=O)Nc1cc(S(C)(=O)=O)ccc1Cl. The van der Waals surface area contributed by atoms with Crippen molar-refractivity contribution in [1.82, 2.24) is 0 Å². The number of nitrogens with zero attached hydrogens (tertiary/aromatic N) is 1. The Morgan fingerprint density at radius 1 is 1.27 bits per heavy atom. The fraction of sp³-hybridized carbons (Fsp3) is 0.316. The molecule has 26 heavy (non-hydrogen) atoms. The minimum absolute atomic E-state index is 0.119. The third-order valence-corrected chi connectivity index (χ3v) is 6.06. The highest BCUT2D eigenvalue weighted by atomic mass is 35.5. The fourth-order valence-corrected chi connectivity index (χ4v) is 3.99. The van der Waals surface area contributed by atoms with Gasteiger partial charge in [0.25, 0.3) is 0 Å². The molecule has 2 aromatic carbocycles. The molecule has 0 saturated heterocycles. The molecule has 5 nitrogen and oxygen atoms in total. The molecule has 1 heterocycles. The third kappa shape index (κ3) is 4.02. The molecule has 0 aliphatic carbocycles. The molecular formula is C19H21ClN2O3S. The maximum absolute atomic E-state index is 12.6. The summed E-state index contributed by atoms with van der Waals surface area (Å²) in [6.07, 6.45) is 3.10. The van der Waals surface area contributed by atoms with E-state index >= 15 is 0 Å². The number of halogens is 1. The summed E-state index contributed by atoms with van der Waals surface area (Å²) in [4.78, 5) is 14.8. The normalized spacial score (nSPS) is 16.9. The predicted molar refractivity (Wildman–Crippen MR) is 105 cm³/mol. The van der Waals surface area contributed by atoms with Gasteiger partial charge in [-0.3, -0.25) is 4.79 Å². The number of fused-ring (bicyclic) bond motifs is 1. The van der Waals surface area contributed by atoms with E-state index in [1.165, 1.54) is 23.8 Å². The quantitative estimate of drug-likeness (QED) is 0.864. The van der Waals surface area contributed by atoms with Crippen LogP contribution >= 0.6 is 11.6 Å². The molecule has 1 atom stereocenters. The van der Waals surface area contributed by atoms with Crippen molar-refractivity contribution in [3.8, 4) is 0 Å². The zero-order valence-electron chi connectivity index (χ0n) is 14.7. The summed E-state index contributed by atoms with van der Waals surface area (Å²) in [5, 5.41) is 3.05. The van der Waals surface area contributed by atoms with Gasteiger partial charge in [-0.05, 0) is 49.6 Å². The molecule has 7 heteroatoms. The van der Waals surface area contributed by atoms with Gasteiger partial charge in [0.05, 0.1) is 22.2 Å². The van der Waals surface area contributed by atoms with Crippen LogP contribution in [0.2, 0.25) is 5.02 Å². The number of anilines is 2. The van der Waals surface area contributed by atoms with E-state index in [2.05, 4.69) is 23.2 Å². The number of rotatable bonds is 4. The van der Waals surface area contributed by atoms with E-state index in [1.807, 2.05) is 18.2 Å². The molecule has 1 unspecified atom stereocenters. The summed E-state index contributed by atoms with van der Waals surface area (Å²) in [6.45, 7) is 2.28. The van der Waals surface area contributed by atoms with Crippen molar-refractivity contribution in [2.24, 2.45) is 0 Å². The maximum atomic E-state index is 12.6. The molecule has 1 amide bonds. The van der Waals surface area contributed by atoms with Gasteiger partial charge in [-0.1, -0.05) is 29.8 Å². The van der Waals surface area contributed by atoms with Crippen molar-refractivity contribution in [1.29, 1.82) is 0 Å². The van der Waals surface area contributed by atoms with Gasteiger partial charge in [0.15, 0.2) is 9.84 Å². The molecule has 0 saturated carbocycles. The fourth-order valence-electron chi connectivity index (χ4n) is 3.18. The number of amides is 1. The first-order chi connectivity index (χ1) is 12.3. The van der Waals surface area contributed by atoms with Crippen molar-refractivity contribution in [3.05, 3.63) is 53.1 Å². The van der Waals surface area contributed by atoms with Gasteiger partial charge in [-0.25, -0.2) is 8.42 Å². The van der Waals surface area contributed by atoms with Crippen LogP contribution in [0, 0.1) is 0 Å². The number of hydrogen-bond acceptors (Lipinski definition) is 4. The average Bonchev–Trinajstić information content (AvgIpc) is 2.58. The Morgan fingerprint density at radius 2 is 2.00 bits per heavy atom. The van der Waals surface area contributed by atoms with E-state index in [1.54, 1.807) is 0 Å². The highest BCUT2D eigenvalue weighted by Crippen LogP contribution is 2.30. The van der Waals surface area contributed by atoms with E-state index in [0.717, 1.165) is 24.8 Å². The van der Waals surface area contributed by atoms with Crippen LogP contribution in [0.3, 0.4) is 0 Å². The Labute approximate surface area is 158 Å². The largest absolute Gasteiger partial charge is 0.359 e. The number of benzene rings is 2. The molecule has 0 spiro atoms. The van der Waals surface area contributed by atoms with Crippen LogP contribution in [-0.2, 0) is 21.1 Å². The van der Waals surface area contributed by atoms with Crippen LogP contribution in [-0.4, -0.2) is 33.2 Å². The molecule has 0 bridgehead atoms. The monoisotopic (exact) mass is 392 g/mol. The topological polar surface area (TPSA) is 66.5 Å². The standard InChI is InChI=1S/C19H21ClN2O3S/c1-13-7-8-14-5-3-4-6-18(14)22(13)12-19(23)21-17-11-15(26(2,24)25)9-10-16(17)20/h3-6,9-11,13H,7-8,12H2,1-2H3,(H,21,23). The molecular weight excluding hydrogens is 372 g/mol. The van der Waals surface area contributed by atoms with Gasteiger partial charge >= 0.3 is 0 Å². The molecule has 1 N–H and O–H groups in total. The first-order valence-electron chi connectivity index (χ1n) is 8.39. The Hall–Kier alpha value is -2.05. The Morgan fingerprint density at radius 3 is 2.73 bits per heavy atom. The summed E-state index contributed by atoms with van der Waals surface area (Å²) in [6, 6.07) is 12.6. The minimum atomic E-state index is -3.37. The number of sulfone groups is 1. The molecule has 1 aliphatic rings. The second kappa shape index (κ2) is 7.29. The lowest BCUT2D eigenvalue weighted by atomic mass is 9.96. The number of hydrogen-bond donors (Lipinski definition) is 1. The van der Waals surface area contributed by atoms with Crippen molar-refractivity contribution in [2.75, 3.05) is 23.0 Å². The summed E-state index contributed by atoms with van der Waals surface area (Å²) < 4.78 is 23.4. The van der Waals surface area contributed by atoms with Crippen LogP contribution in [0.5, 0.6) is 0 Å². The Balaban J connectivity index is 1.80. The van der Waals surface area contributed by atoms with E-state index in [0.29, 0.717) is 10.7 Å². The Kier molecular flexibility index (Phi) is 5.25. The summed E-state index contributed by atoms with van der Waals surface area (Å²) in [5.41, 5.74) is 2.60. The van der Waals surface area contributed by atoms with Crippen LogP contribution in [0.25, 0.3) is 0 Å². The van der Waals surface area contributed by atoms with Crippen molar-refractivity contribution < 1.29 is 13.2 Å². The number of para-hydroxylation sites is 1. The molecule has 0 fully saturated rings. The van der Waals surface area contributed by atoms with Gasteiger partial charge in [-0.2, -0.15) is 0 Å². The molecule has 0 aromatic heterocycles. The summed E-state index contributed by atoms with van der Waals surface area (Å²) in [5.74, 6) is -0.235. The molecule has 1 aliphatic heterocycles. The van der Waals surface area contributed by atoms with Crippen molar-refractivity contribution in [2.45, 2.75) is 30.7 Å². The summed E-state index contributed by atoms with van der Waals surface area (Å²) in [7, 11) is -3.37. The van der Waals surface area contributed by atoms with Gasteiger partial charge in [0.2, 0.25) is 5.91 Å². The van der Waals surface area contributed by atoms with Crippen LogP contribution in [0.4, 0.5) is 11.4 Å². The van der Waals surface area contributed by atoms with Crippen molar-refractivity contribution >= 4 is 38.7 Å². The van der Waals surface area contributed by atoms with Gasteiger partial charge < -0.3 is 10.2 Å². The lowest BCUT2D eigenvalue weighted by molar-refractivity contribution is -0.115. The first kappa shape index (κ1) is 18.7. The van der Waals surface area contributed by atoms with Crippen LogP contribution < -0.4 is 10.2 Å². The second-order valence-corrected chi connectivity index (χ2v) is 9.03. The van der Waals surface area contributed by atoms with Crippen LogP contribution in [0.1, 0.15) is 18.9 Å². The zero-order chi connectivity index (χ0) is 18.9. The molecule has 138 valence electrons. The highest BCUT2D eigenvalue weighted by molar-refractivity contribution is 7.90. The average molecular weight is 393 g/mol. The zero-order valence-corrected chi connectivity index (χ0v) is 16.3. The molecule has 2 aromatic rings. The number of aryl methyl sites for hydroxylation is 1. The Bertz CT molecular complexity index is 944. The van der Waals surface area contributed by atoms with Gasteiger partial charge in [-0.15, -0.1) is 0 Å².